The van der Waals surface area contributed by atoms with Gasteiger partial charge in [0, 0.05) is 21.9 Å². The lowest BCUT2D eigenvalue weighted by molar-refractivity contribution is 0.337. The molecule has 0 bridgehead atoms. The average Bonchev–Trinajstić information content (AvgIpc) is 2.43. The number of alkyl halides is 1. The fourth-order valence-corrected chi connectivity index (χ4v) is 2.21. The summed E-state index contributed by atoms with van der Waals surface area (Å²) in [7, 11) is 0. The first-order valence-electron chi connectivity index (χ1n) is 6.03. The van der Waals surface area contributed by atoms with Crippen LogP contribution < -0.4 is 10.1 Å². The van der Waals surface area contributed by atoms with Gasteiger partial charge in [0.1, 0.15) is 5.75 Å². The molecule has 0 fully saturated rings. The van der Waals surface area contributed by atoms with Crippen molar-refractivity contribution in [1.29, 1.82) is 0 Å². The monoisotopic (exact) mass is 358 g/mol. The summed E-state index contributed by atoms with van der Waals surface area (Å²) in [6.07, 6.45) is 1.53. The van der Waals surface area contributed by atoms with Crippen molar-refractivity contribution in [3.05, 3.63) is 46.3 Å². The van der Waals surface area contributed by atoms with Crippen LogP contribution in [0, 0.1) is 5.82 Å². The summed E-state index contributed by atoms with van der Waals surface area (Å²) in [5.74, 6) is 0.789. The van der Waals surface area contributed by atoms with Crippen molar-refractivity contribution in [1.82, 2.24) is 4.98 Å². The lowest BCUT2D eigenvalue weighted by atomic mass is 10.2. The van der Waals surface area contributed by atoms with E-state index in [1.807, 2.05) is 13.0 Å². The van der Waals surface area contributed by atoms with Crippen LogP contribution in [0.25, 0.3) is 0 Å². The molecule has 2 rings (SSSR count). The molecule has 0 saturated heterocycles. The van der Waals surface area contributed by atoms with Crippen LogP contribution in [-0.4, -0.2) is 11.6 Å². The summed E-state index contributed by atoms with van der Waals surface area (Å²) in [4.78, 5) is 3.99. The van der Waals surface area contributed by atoms with E-state index in [1.54, 1.807) is 12.1 Å². The zero-order valence-electron chi connectivity index (χ0n) is 10.8. The summed E-state index contributed by atoms with van der Waals surface area (Å²) in [5, 5.41) is 2.92. The number of benzene rings is 1. The first-order chi connectivity index (χ1) is 9.63. The number of hydrogen-bond acceptors (Lipinski definition) is 3. The minimum Gasteiger partial charge on any atom is -0.494 e. The molecule has 1 heterocycles. The third-order valence-corrected chi connectivity index (χ3v) is 3.30. The second-order valence-electron chi connectivity index (χ2n) is 4.00. The van der Waals surface area contributed by atoms with Crippen LogP contribution in [0.1, 0.15) is 12.5 Å². The topological polar surface area (TPSA) is 34.1 Å². The van der Waals surface area contributed by atoms with Crippen LogP contribution in [0.5, 0.6) is 5.75 Å². The second kappa shape index (κ2) is 6.90. The Labute approximate surface area is 130 Å². The molecule has 1 N–H and O–H groups in total. The van der Waals surface area contributed by atoms with Gasteiger partial charge in [0.15, 0.2) is 11.6 Å². The average molecular weight is 360 g/mol. The van der Waals surface area contributed by atoms with E-state index < -0.39 is 5.82 Å². The van der Waals surface area contributed by atoms with Gasteiger partial charge < -0.3 is 10.1 Å². The summed E-state index contributed by atoms with van der Waals surface area (Å²) in [6.45, 7) is 2.48. The molecule has 3 nitrogen and oxygen atoms in total. The molecule has 1 aromatic carbocycles. The van der Waals surface area contributed by atoms with E-state index in [0.29, 0.717) is 22.6 Å². The predicted molar refractivity (Wildman–Crippen MR) is 82.3 cm³/mol. The molecule has 0 spiro atoms. The number of rotatable bonds is 5. The van der Waals surface area contributed by atoms with E-state index in [4.69, 9.17) is 16.3 Å². The Morgan fingerprint density at radius 1 is 1.40 bits per heavy atom. The van der Waals surface area contributed by atoms with Crippen molar-refractivity contribution in [2.24, 2.45) is 0 Å². The first-order valence-corrected chi connectivity index (χ1v) is 7.36. The lowest BCUT2D eigenvalue weighted by Gasteiger charge is -2.12. The molecule has 0 aliphatic rings. The van der Waals surface area contributed by atoms with Crippen molar-refractivity contribution in [3.63, 3.8) is 0 Å². The van der Waals surface area contributed by atoms with Gasteiger partial charge in [-0.2, -0.15) is 0 Å². The number of ether oxygens (including phenoxy) is 1. The fraction of sp³-hybridized carbons (Fsp3) is 0.214. The highest BCUT2D eigenvalue weighted by atomic mass is 79.9. The Kier molecular flexibility index (Phi) is 5.20. The van der Waals surface area contributed by atoms with Gasteiger partial charge in [0.05, 0.1) is 12.5 Å². The van der Waals surface area contributed by atoms with Crippen LogP contribution in [0.15, 0.2) is 34.9 Å². The Morgan fingerprint density at radius 3 is 2.85 bits per heavy atom. The Hall–Kier alpha value is -1.33. The molecule has 0 aliphatic carbocycles. The van der Waals surface area contributed by atoms with E-state index in [1.165, 1.54) is 12.3 Å². The van der Waals surface area contributed by atoms with Crippen molar-refractivity contribution in [3.8, 4) is 5.75 Å². The molecule has 6 heteroatoms. The summed E-state index contributed by atoms with van der Waals surface area (Å²) >= 11 is 9.06. The van der Waals surface area contributed by atoms with Crippen molar-refractivity contribution in [2.75, 3.05) is 11.9 Å². The highest BCUT2D eigenvalue weighted by Gasteiger charge is 2.08. The molecule has 20 heavy (non-hydrogen) atoms. The molecule has 0 aliphatic heterocycles. The predicted octanol–water partition coefficient (Wildman–Crippen LogP) is 4.86. The smallest absolute Gasteiger partial charge is 0.166 e. The highest BCUT2D eigenvalue weighted by molar-refractivity contribution is 9.10. The standard InChI is InChI=1S/C14H13BrClFN2O/c1-2-20-13-4-3-11(5-9(13)7-16)19-14-12(17)6-10(15)8-18-14/h3-6,8H,2,7H2,1H3,(H,18,19). The van der Waals surface area contributed by atoms with Gasteiger partial charge in [-0.3, -0.25) is 0 Å². The van der Waals surface area contributed by atoms with Gasteiger partial charge in [0.25, 0.3) is 0 Å². The molecule has 0 amide bonds. The molecule has 0 radical (unpaired) electrons. The van der Waals surface area contributed by atoms with Crippen LogP contribution in [-0.2, 0) is 5.88 Å². The molecular formula is C14H13BrClFN2O. The van der Waals surface area contributed by atoms with Crippen LogP contribution in [0.2, 0.25) is 0 Å². The van der Waals surface area contributed by atoms with Gasteiger partial charge in [-0.25, -0.2) is 9.37 Å². The van der Waals surface area contributed by atoms with Crippen molar-refractivity contribution >= 4 is 39.0 Å². The quantitative estimate of drug-likeness (QED) is 0.774. The van der Waals surface area contributed by atoms with Gasteiger partial charge in [-0.1, -0.05) is 0 Å². The Morgan fingerprint density at radius 2 is 2.20 bits per heavy atom. The van der Waals surface area contributed by atoms with E-state index in [0.717, 1.165) is 11.3 Å². The number of hydrogen-bond donors (Lipinski definition) is 1. The van der Waals surface area contributed by atoms with Crippen LogP contribution >= 0.6 is 27.5 Å². The number of nitrogens with zero attached hydrogens (tertiary/aromatic N) is 1. The van der Waals surface area contributed by atoms with Crippen molar-refractivity contribution < 1.29 is 9.13 Å². The second-order valence-corrected chi connectivity index (χ2v) is 5.18. The maximum atomic E-state index is 13.7. The SMILES string of the molecule is CCOc1ccc(Nc2ncc(Br)cc2F)cc1CCl. The summed E-state index contributed by atoms with van der Waals surface area (Å²) < 4.78 is 19.8. The third-order valence-electron chi connectivity index (χ3n) is 2.57. The molecule has 0 saturated carbocycles. The highest BCUT2D eigenvalue weighted by Crippen LogP contribution is 2.27. The van der Waals surface area contributed by atoms with E-state index >= 15 is 0 Å². The normalized spacial score (nSPS) is 10.4. The Bertz CT molecular complexity index is 610. The van der Waals surface area contributed by atoms with Crippen LogP contribution in [0.3, 0.4) is 0 Å². The number of aromatic nitrogens is 1. The number of nitrogens with one attached hydrogen (secondary N) is 1. The van der Waals surface area contributed by atoms with E-state index in [2.05, 4.69) is 26.2 Å². The first kappa shape index (κ1) is 15.1. The minimum absolute atomic E-state index is 0.165. The fourth-order valence-electron chi connectivity index (χ4n) is 1.70. The molecule has 106 valence electrons. The molecule has 0 unspecified atom stereocenters. The van der Waals surface area contributed by atoms with Gasteiger partial charge in [-0.05, 0) is 47.1 Å². The minimum atomic E-state index is -0.430. The number of anilines is 2. The molecule has 1 aromatic heterocycles. The van der Waals surface area contributed by atoms with E-state index in [-0.39, 0.29) is 5.82 Å². The molecule has 2 aromatic rings. The van der Waals surface area contributed by atoms with Crippen molar-refractivity contribution in [2.45, 2.75) is 12.8 Å². The Balaban J connectivity index is 2.25. The summed E-state index contributed by atoms with van der Waals surface area (Å²) in [5.41, 5.74) is 1.55. The maximum absolute atomic E-state index is 13.7. The zero-order chi connectivity index (χ0) is 14.5. The summed E-state index contributed by atoms with van der Waals surface area (Å²) in [6, 6.07) is 6.78. The number of halogens is 3. The number of pyridine rings is 1. The van der Waals surface area contributed by atoms with Gasteiger partial charge in [-0.15, -0.1) is 11.6 Å². The maximum Gasteiger partial charge on any atom is 0.166 e. The largest absolute Gasteiger partial charge is 0.494 e. The lowest BCUT2D eigenvalue weighted by Crippen LogP contribution is -2.00. The van der Waals surface area contributed by atoms with E-state index in [9.17, 15) is 4.39 Å². The molecule has 0 atom stereocenters. The van der Waals surface area contributed by atoms with Gasteiger partial charge in [0.2, 0.25) is 0 Å². The van der Waals surface area contributed by atoms with Gasteiger partial charge >= 0.3 is 0 Å². The van der Waals surface area contributed by atoms with Crippen LogP contribution in [0.4, 0.5) is 15.9 Å². The zero-order valence-corrected chi connectivity index (χ0v) is 13.1. The molecular weight excluding hydrogens is 347 g/mol. The third kappa shape index (κ3) is 3.61.